The fourth-order valence-electron chi connectivity index (χ4n) is 3.38. The molecule has 0 aliphatic carbocycles. The molecule has 2 heteroatoms. The fourth-order valence-corrected chi connectivity index (χ4v) is 3.38. The number of hydrogen-bond donors (Lipinski definition) is 1. The SMILES string of the molecule is c1ccc(-c2cccc(-c3ccc4c(c3)[nH]c3ccccc34)n2)cc1. The average Bonchev–Trinajstić information content (AvgIpc) is 3.06. The Labute approximate surface area is 145 Å². The maximum absolute atomic E-state index is 4.86. The van der Waals surface area contributed by atoms with Crippen LogP contribution in [0.25, 0.3) is 44.3 Å². The first-order valence-corrected chi connectivity index (χ1v) is 8.42. The van der Waals surface area contributed by atoms with Crippen molar-refractivity contribution in [3.05, 3.63) is 91.0 Å². The number of nitrogens with one attached hydrogen (secondary N) is 1. The van der Waals surface area contributed by atoms with Gasteiger partial charge in [-0.15, -0.1) is 0 Å². The lowest BCUT2D eigenvalue weighted by molar-refractivity contribution is 1.32. The zero-order valence-corrected chi connectivity index (χ0v) is 13.6. The van der Waals surface area contributed by atoms with E-state index in [1.807, 2.05) is 18.2 Å². The number of nitrogens with zero attached hydrogens (tertiary/aromatic N) is 1. The van der Waals surface area contributed by atoms with Crippen molar-refractivity contribution in [1.29, 1.82) is 0 Å². The standard InChI is InChI=1S/C23H16N2/c1-2-7-16(8-3-1)20-11-6-12-21(24-20)17-13-14-19-18-9-4-5-10-22(18)25-23(19)15-17/h1-15,25H. The van der Waals surface area contributed by atoms with Gasteiger partial charge < -0.3 is 4.98 Å². The van der Waals surface area contributed by atoms with Crippen LogP contribution < -0.4 is 0 Å². The van der Waals surface area contributed by atoms with E-state index in [1.165, 1.54) is 16.3 Å². The van der Waals surface area contributed by atoms with E-state index in [2.05, 4.69) is 77.8 Å². The minimum Gasteiger partial charge on any atom is -0.354 e. The molecule has 0 amide bonds. The highest BCUT2D eigenvalue weighted by Gasteiger charge is 2.07. The Morgan fingerprint density at radius 3 is 2.12 bits per heavy atom. The zero-order valence-electron chi connectivity index (χ0n) is 13.6. The van der Waals surface area contributed by atoms with E-state index in [1.54, 1.807) is 0 Å². The number of H-pyrrole nitrogens is 1. The minimum atomic E-state index is 0.988. The number of rotatable bonds is 2. The molecule has 0 fully saturated rings. The highest BCUT2D eigenvalue weighted by atomic mass is 14.7. The number of aromatic amines is 1. The predicted molar refractivity (Wildman–Crippen MR) is 104 cm³/mol. The van der Waals surface area contributed by atoms with E-state index >= 15 is 0 Å². The number of aromatic nitrogens is 2. The molecule has 0 saturated carbocycles. The van der Waals surface area contributed by atoms with E-state index in [-0.39, 0.29) is 0 Å². The van der Waals surface area contributed by atoms with Crippen molar-refractivity contribution in [3.63, 3.8) is 0 Å². The number of hydrogen-bond acceptors (Lipinski definition) is 1. The Bertz CT molecular complexity index is 1190. The van der Waals surface area contributed by atoms with Gasteiger partial charge in [0.2, 0.25) is 0 Å². The molecular formula is C23H16N2. The predicted octanol–water partition coefficient (Wildman–Crippen LogP) is 6.05. The molecule has 1 N–H and O–H groups in total. The zero-order chi connectivity index (χ0) is 16.6. The van der Waals surface area contributed by atoms with Gasteiger partial charge in [0.25, 0.3) is 0 Å². The quantitative estimate of drug-likeness (QED) is 0.421. The summed E-state index contributed by atoms with van der Waals surface area (Å²) in [6.07, 6.45) is 0. The Morgan fingerprint density at radius 1 is 0.520 bits per heavy atom. The Morgan fingerprint density at radius 2 is 1.24 bits per heavy atom. The van der Waals surface area contributed by atoms with Crippen LogP contribution in [0.2, 0.25) is 0 Å². The van der Waals surface area contributed by atoms with Crippen molar-refractivity contribution < 1.29 is 0 Å². The van der Waals surface area contributed by atoms with Crippen molar-refractivity contribution >= 4 is 21.8 Å². The van der Waals surface area contributed by atoms with Crippen LogP contribution in [0.15, 0.2) is 91.0 Å². The molecule has 2 heterocycles. The van der Waals surface area contributed by atoms with Crippen LogP contribution in [0, 0.1) is 0 Å². The van der Waals surface area contributed by atoms with Gasteiger partial charge in [-0.2, -0.15) is 0 Å². The van der Waals surface area contributed by atoms with E-state index < -0.39 is 0 Å². The van der Waals surface area contributed by atoms with Crippen molar-refractivity contribution in [3.8, 4) is 22.5 Å². The molecule has 5 aromatic rings. The van der Waals surface area contributed by atoms with Crippen molar-refractivity contribution in [2.45, 2.75) is 0 Å². The van der Waals surface area contributed by atoms with Crippen molar-refractivity contribution in [2.75, 3.05) is 0 Å². The number of fused-ring (bicyclic) bond motifs is 3. The lowest BCUT2D eigenvalue weighted by atomic mass is 10.1. The summed E-state index contributed by atoms with van der Waals surface area (Å²) in [6, 6.07) is 31.4. The lowest BCUT2D eigenvalue weighted by Gasteiger charge is -2.05. The molecule has 5 rings (SSSR count). The van der Waals surface area contributed by atoms with Crippen LogP contribution in [-0.2, 0) is 0 Å². The minimum absolute atomic E-state index is 0.988. The smallest absolute Gasteiger partial charge is 0.0710 e. The van der Waals surface area contributed by atoms with Crippen molar-refractivity contribution in [2.24, 2.45) is 0 Å². The molecule has 0 saturated heterocycles. The first-order valence-electron chi connectivity index (χ1n) is 8.42. The molecule has 0 aliphatic heterocycles. The molecule has 0 aliphatic rings. The van der Waals surface area contributed by atoms with Gasteiger partial charge in [0.05, 0.1) is 11.4 Å². The first kappa shape index (κ1) is 14.0. The van der Waals surface area contributed by atoms with Crippen LogP contribution in [0.5, 0.6) is 0 Å². The number of para-hydroxylation sites is 1. The summed E-state index contributed by atoms with van der Waals surface area (Å²) in [5.41, 5.74) is 6.55. The van der Waals surface area contributed by atoms with Gasteiger partial charge in [-0.25, -0.2) is 4.98 Å². The second kappa shape index (κ2) is 5.60. The third-order valence-electron chi connectivity index (χ3n) is 4.62. The molecule has 0 spiro atoms. The van der Waals surface area contributed by atoms with E-state index in [4.69, 9.17) is 4.98 Å². The molecule has 25 heavy (non-hydrogen) atoms. The van der Waals surface area contributed by atoms with Crippen LogP contribution in [0.4, 0.5) is 0 Å². The monoisotopic (exact) mass is 320 g/mol. The van der Waals surface area contributed by atoms with E-state index in [0.717, 1.165) is 28.0 Å². The molecule has 0 radical (unpaired) electrons. The Balaban J connectivity index is 1.64. The molecule has 0 bridgehead atoms. The van der Waals surface area contributed by atoms with Crippen molar-refractivity contribution in [1.82, 2.24) is 9.97 Å². The average molecular weight is 320 g/mol. The summed E-state index contributed by atoms with van der Waals surface area (Å²) in [7, 11) is 0. The van der Waals surface area contributed by atoms with Gasteiger partial charge in [0.1, 0.15) is 0 Å². The third kappa shape index (κ3) is 2.39. The topological polar surface area (TPSA) is 28.7 Å². The van der Waals surface area contributed by atoms with Crippen LogP contribution in [0.1, 0.15) is 0 Å². The van der Waals surface area contributed by atoms with Crippen LogP contribution in [-0.4, -0.2) is 9.97 Å². The normalized spacial score (nSPS) is 11.2. The highest BCUT2D eigenvalue weighted by Crippen LogP contribution is 2.29. The summed E-state index contributed by atoms with van der Waals surface area (Å²) in [5, 5.41) is 2.51. The summed E-state index contributed by atoms with van der Waals surface area (Å²) in [5.74, 6) is 0. The first-order chi connectivity index (χ1) is 12.4. The molecular weight excluding hydrogens is 304 g/mol. The van der Waals surface area contributed by atoms with Gasteiger partial charge in [-0.05, 0) is 24.3 Å². The highest BCUT2D eigenvalue weighted by molar-refractivity contribution is 6.08. The second-order valence-electron chi connectivity index (χ2n) is 6.21. The molecule has 2 aromatic heterocycles. The summed E-state index contributed by atoms with van der Waals surface area (Å²) in [4.78, 5) is 8.37. The van der Waals surface area contributed by atoms with Gasteiger partial charge in [0, 0.05) is 32.9 Å². The summed E-state index contributed by atoms with van der Waals surface area (Å²) < 4.78 is 0. The fraction of sp³-hybridized carbons (Fsp3) is 0. The van der Waals surface area contributed by atoms with Gasteiger partial charge >= 0.3 is 0 Å². The molecule has 0 atom stereocenters. The molecule has 118 valence electrons. The second-order valence-corrected chi connectivity index (χ2v) is 6.21. The van der Waals surface area contributed by atoms with Crippen LogP contribution >= 0.6 is 0 Å². The number of pyridine rings is 1. The van der Waals surface area contributed by atoms with E-state index in [0.29, 0.717) is 0 Å². The largest absolute Gasteiger partial charge is 0.354 e. The molecule has 0 unspecified atom stereocenters. The van der Waals surface area contributed by atoms with Gasteiger partial charge in [-0.1, -0.05) is 66.7 Å². The maximum Gasteiger partial charge on any atom is 0.0710 e. The third-order valence-corrected chi connectivity index (χ3v) is 4.62. The molecule has 3 aromatic carbocycles. The van der Waals surface area contributed by atoms with E-state index in [9.17, 15) is 0 Å². The Hall–Kier alpha value is -3.39. The number of benzene rings is 3. The summed E-state index contributed by atoms with van der Waals surface area (Å²) in [6.45, 7) is 0. The van der Waals surface area contributed by atoms with Gasteiger partial charge in [0.15, 0.2) is 0 Å². The lowest BCUT2D eigenvalue weighted by Crippen LogP contribution is -1.87. The maximum atomic E-state index is 4.86. The van der Waals surface area contributed by atoms with Gasteiger partial charge in [-0.3, -0.25) is 0 Å². The van der Waals surface area contributed by atoms with Crippen LogP contribution in [0.3, 0.4) is 0 Å². The Kier molecular flexibility index (Phi) is 3.14. The summed E-state index contributed by atoms with van der Waals surface area (Å²) >= 11 is 0. The molecule has 2 nitrogen and oxygen atoms in total.